The number of methoxy groups -OCH3 is 1. The van der Waals surface area contributed by atoms with Crippen LogP contribution in [0.15, 0.2) is 13.2 Å². The summed E-state index contributed by atoms with van der Waals surface area (Å²) in [6.45, 7) is 7.66. The molecule has 1 aliphatic rings. The summed E-state index contributed by atoms with van der Waals surface area (Å²) in [6.07, 6.45) is 1.44. The summed E-state index contributed by atoms with van der Waals surface area (Å²) in [7, 11) is 1.72. The Bertz CT molecular complexity index is 57.9. The van der Waals surface area contributed by atoms with Crippen LogP contribution < -0.4 is 0 Å². The Balaban J connectivity index is 0.000000291. The quantitative estimate of drug-likeness (QED) is 0.497. The standard InChI is InChI=1S/C5H10O2.C2H4/c1-6-5-2-3-7-4-5;1-2/h5H,2-4H2,1H3;1-2H2. The molecule has 0 aliphatic carbocycles. The predicted molar refractivity (Wildman–Crippen MR) is 37.5 cm³/mol. The van der Waals surface area contributed by atoms with E-state index in [0.29, 0.717) is 6.10 Å². The first-order chi connectivity index (χ1) is 4.43. The average molecular weight is 130 g/mol. The Morgan fingerprint density at radius 1 is 1.56 bits per heavy atom. The summed E-state index contributed by atoms with van der Waals surface area (Å²) in [5.41, 5.74) is 0. The molecular formula is C7H14O2. The third kappa shape index (κ3) is 3.27. The third-order valence-corrected chi connectivity index (χ3v) is 1.22. The highest BCUT2D eigenvalue weighted by Gasteiger charge is 2.12. The van der Waals surface area contributed by atoms with Crippen LogP contribution in [0.1, 0.15) is 6.42 Å². The van der Waals surface area contributed by atoms with E-state index in [-0.39, 0.29) is 0 Å². The molecule has 0 aromatic carbocycles. The van der Waals surface area contributed by atoms with Gasteiger partial charge in [0.15, 0.2) is 0 Å². The highest BCUT2D eigenvalue weighted by Crippen LogP contribution is 2.05. The van der Waals surface area contributed by atoms with Crippen molar-refractivity contribution in [2.24, 2.45) is 0 Å². The highest BCUT2D eigenvalue weighted by molar-refractivity contribution is 4.60. The molecule has 0 spiro atoms. The van der Waals surface area contributed by atoms with Gasteiger partial charge in [-0.25, -0.2) is 0 Å². The maximum absolute atomic E-state index is 5.02. The summed E-state index contributed by atoms with van der Waals surface area (Å²) in [5, 5.41) is 0. The van der Waals surface area contributed by atoms with Crippen molar-refractivity contribution in [1.82, 2.24) is 0 Å². The molecule has 0 N–H and O–H groups in total. The molecule has 0 saturated carbocycles. The number of hydrogen-bond donors (Lipinski definition) is 0. The molecule has 1 rings (SSSR count). The zero-order valence-corrected chi connectivity index (χ0v) is 5.93. The van der Waals surface area contributed by atoms with Gasteiger partial charge in [-0.1, -0.05) is 0 Å². The minimum atomic E-state index is 0.375. The Hall–Kier alpha value is -0.340. The van der Waals surface area contributed by atoms with Crippen molar-refractivity contribution < 1.29 is 9.47 Å². The van der Waals surface area contributed by atoms with Crippen molar-refractivity contribution in [1.29, 1.82) is 0 Å². The van der Waals surface area contributed by atoms with Gasteiger partial charge in [-0.2, -0.15) is 0 Å². The smallest absolute Gasteiger partial charge is 0.0826 e. The lowest BCUT2D eigenvalue weighted by atomic mass is 10.3. The van der Waals surface area contributed by atoms with Gasteiger partial charge in [-0.15, -0.1) is 13.2 Å². The van der Waals surface area contributed by atoms with E-state index in [2.05, 4.69) is 13.2 Å². The molecule has 0 radical (unpaired) electrons. The van der Waals surface area contributed by atoms with Crippen LogP contribution in [0.4, 0.5) is 0 Å². The maximum Gasteiger partial charge on any atom is 0.0826 e. The summed E-state index contributed by atoms with van der Waals surface area (Å²) in [5.74, 6) is 0. The third-order valence-electron chi connectivity index (χ3n) is 1.22. The van der Waals surface area contributed by atoms with E-state index in [1.54, 1.807) is 7.11 Å². The zero-order valence-electron chi connectivity index (χ0n) is 5.93. The van der Waals surface area contributed by atoms with Gasteiger partial charge in [0.05, 0.1) is 12.7 Å². The van der Waals surface area contributed by atoms with Crippen molar-refractivity contribution in [3.63, 3.8) is 0 Å². The second-order valence-electron chi connectivity index (χ2n) is 1.72. The van der Waals surface area contributed by atoms with E-state index >= 15 is 0 Å². The fraction of sp³-hybridized carbons (Fsp3) is 0.714. The largest absolute Gasteiger partial charge is 0.379 e. The number of hydrogen-bond acceptors (Lipinski definition) is 2. The molecule has 1 fully saturated rings. The molecule has 0 bridgehead atoms. The van der Waals surface area contributed by atoms with Crippen LogP contribution in [0.3, 0.4) is 0 Å². The van der Waals surface area contributed by atoms with Gasteiger partial charge in [0.1, 0.15) is 0 Å². The fourth-order valence-corrected chi connectivity index (χ4v) is 0.699. The van der Waals surface area contributed by atoms with Crippen molar-refractivity contribution >= 4 is 0 Å². The molecule has 2 nitrogen and oxygen atoms in total. The van der Waals surface area contributed by atoms with E-state index < -0.39 is 0 Å². The van der Waals surface area contributed by atoms with E-state index in [0.717, 1.165) is 19.6 Å². The van der Waals surface area contributed by atoms with Gasteiger partial charge in [0.25, 0.3) is 0 Å². The van der Waals surface area contributed by atoms with Gasteiger partial charge in [-0.05, 0) is 6.42 Å². The first-order valence-electron chi connectivity index (χ1n) is 3.04. The van der Waals surface area contributed by atoms with E-state index in [1.807, 2.05) is 0 Å². The van der Waals surface area contributed by atoms with Gasteiger partial charge in [0, 0.05) is 13.7 Å². The summed E-state index contributed by atoms with van der Waals surface area (Å²) < 4.78 is 10.0. The van der Waals surface area contributed by atoms with Crippen LogP contribution in [0.5, 0.6) is 0 Å². The molecule has 0 amide bonds. The monoisotopic (exact) mass is 130 g/mol. The van der Waals surface area contributed by atoms with Crippen LogP contribution in [0.25, 0.3) is 0 Å². The molecule has 0 aromatic heterocycles. The molecular weight excluding hydrogens is 116 g/mol. The minimum Gasteiger partial charge on any atom is -0.379 e. The van der Waals surface area contributed by atoms with E-state index in [9.17, 15) is 0 Å². The van der Waals surface area contributed by atoms with Gasteiger partial charge < -0.3 is 9.47 Å². The van der Waals surface area contributed by atoms with Gasteiger partial charge >= 0.3 is 0 Å². The Morgan fingerprint density at radius 2 is 2.22 bits per heavy atom. The van der Waals surface area contributed by atoms with Crippen LogP contribution in [-0.2, 0) is 9.47 Å². The van der Waals surface area contributed by atoms with Crippen molar-refractivity contribution in [3.05, 3.63) is 13.2 Å². The molecule has 1 aliphatic heterocycles. The molecule has 1 heterocycles. The zero-order chi connectivity index (χ0) is 7.11. The van der Waals surface area contributed by atoms with Crippen molar-refractivity contribution in [2.45, 2.75) is 12.5 Å². The lowest BCUT2D eigenvalue weighted by Crippen LogP contribution is -2.07. The first-order valence-corrected chi connectivity index (χ1v) is 3.04. The highest BCUT2D eigenvalue weighted by atomic mass is 16.5. The Kier molecular flexibility index (Phi) is 5.57. The van der Waals surface area contributed by atoms with Crippen molar-refractivity contribution in [2.75, 3.05) is 20.3 Å². The maximum atomic E-state index is 5.02. The number of ether oxygens (including phenoxy) is 2. The summed E-state index contributed by atoms with van der Waals surface area (Å²) >= 11 is 0. The molecule has 9 heavy (non-hydrogen) atoms. The first kappa shape index (κ1) is 8.66. The number of rotatable bonds is 1. The van der Waals surface area contributed by atoms with E-state index in [1.165, 1.54) is 0 Å². The topological polar surface area (TPSA) is 18.5 Å². The van der Waals surface area contributed by atoms with Crippen LogP contribution in [0.2, 0.25) is 0 Å². The molecule has 1 saturated heterocycles. The van der Waals surface area contributed by atoms with Gasteiger partial charge in [0.2, 0.25) is 0 Å². The van der Waals surface area contributed by atoms with Crippen LogP contribution in [0, 0.1) is 0 Å². The SMILES string of the molecule is C=C.COC1CCOC1. The predicted octanol–water partition coefficient (Wildman–Crippen LogP) is 1.22. The fourth-order valence-electron chi connectivity index (χ4n) is 0.699. The van der Waals surface area contributed by atoms with Crippen LogP contribution >= 0.6 is 0 Å². The molecule has 1 atom stereocenters. The lowest BCUT2D eigenvalue weighted by molar-refractivity contribution is 0.0822. The second kappa shape index (κ2) is 5.79. The molecule has 2 heteroatoms. The normalized spacial score (nSPS) is 24.8. The second-order valence-corrected chi connectivity index (χ2v) is 1.72. The molecule has 54 valence electrons. The lowest BCUT2D eigenvalue weighted by Gasteiger charge is -2.00. The summed E-state index contributed by atoms with van der Waals surface area (Å²) in [4.78, 5) is 0. The minimum absolute atomic E-state index is 0.375. The molecule has 1 unspecified atom stereocenters. The van der Waals surface area contributed by atoms with Crippen molar-refractivity contribution in [3.8, 4) is 0 Å². The Labute approximate surface area is 56.5 Å². The summed E-state index contributed by atoms with van der Waals surface area (Å²) in [6, 6.07) is 0. The van der Waals surface area contributed by atoms with E-state index in [4.69, 9.17) is 9.47 Å². The average Bonchev–Trinajstić information content (AvgIpc) is 2.43. The van der Waals surface area contributed by atoms with Gasteiger partial charge in [-0.3, -0.25) is 0 Å². The van der Waals surface area contributed by atoms with Crippen LogP contribution in [-0.4, -0.2) is 26.4 Å². The molecule has 0 aromatic rings. The Morgan fingerprint density at radius 3 is 2.44 bits per heavy atom.